The number of piperazine rings is 1. The average molecular weight is 429 g/mol. The second kappa shape index (κ2) is 10.8. The number of amides is 1. The number of benzene rings is 1. The first-order valence-electron chi connectivity index (χ1n) is 10.7. The van der Waals surface area contributed by atoms with E-state index >= 15 is 0 Å². The summed E-state index contributed by atoms with van der Waals surface area (Å²) in [6, 6.07) is 10.00. The summed E-state index contributed by atoms with van der Waals surface area (Å²) in [6.45, 7) is 8.72. The number of hydrogen-bond acceptors (Lipinski definition) is 5. The highest BCUT2D eigenvalue weighted by molar-refractivity contribution is 7.99. The zero-order chi connectivity index (χ0) is 21.5. The van der Waals surface area contributed by atoms with Crippen LogP contribution in [0.4, 0.5) is 0 Å². The van der Waals surface area contributed by atoms with Crippen LogP contribution in [0.15, 0.2) is 40.3 Å². The minimum absolute atomic E-state index is 0.0127. The van der Waals surface area contributed by atoms with Gasteiger partial charge in [-0.15, -0.1) is 0 Å². The van der Waals surface area contributed by atoms with Gasteiger partial charge in [-0.2, -0.15) is 0 Å². The van der Waals surface area contributed by atoms with Gasteiger partial charge < -0.3 is 9.80 Å². The summed E-state index contributed by atoms with van der Waals surface area (Å²) in [6.07, 6.45) is 1.94. The van der Waals surface area contributed by atoms with E-state index in [2.05, 4.69) is 16.8 Å². The molecule has 1 amide bonds. The van der Waals surface area contributed by atoms with Gasteiger partial charge in [-0.3, -0.25) is 14.2 Å². The van der Waals surface area contributed by atoms with Gasteiger partial charge in [0.05, 0.1) is 0 Å². The molecule has 162 valence electrons. The standard InChI is InChI=1S/C23H32N4O2S/c1-4-26-12-14-27(15-13-26)21(28)11-8-16-30-23-24-18(2)20(22(29)25(23)3)17-19-9-6-5-7-10-19/h5-7,9-10H,4,8,11-17H2,1-3H3. The van der Waals surface area contributed by atoms with Crippen LogP contribution < -0.4 is 5.56 Å². The van der Waals surface area contributed by atoms with Crippen molar-refractivity contribution in [3.8, 4) is 0 Å². The van der Waals surface area contributed by atoms with Crippen molar-refractivity contribution in [3.05, 3.63) is 57.5 Å². The molecular weight excluding hydrogens is 396 g/mol. The third-order valence-electron chi connectivity index (χ3n) is 5.71. The normalized spacial score (nSPS) is 14.8. The molecule has 0 N–H and O–H groups in total. The Balaban J connectivity index is 1.52. The van der Waals surface area contributed by atoms with Crippen molar-refractivity contribution in [1.82, 2.24) is 19.4 Å². The molecule has 30 heavy (non-hydrogen) atoms. The summed E-state index contributed by atoms with van der Waals surface area (Å²) in [4.78, 5) is 34.3. The highest BCUT2D eigenvalue weighted by Crippen LogP contribution is 2.18. The molecule has 6 nitrogen and oxygen atoms in total. The van der Waals surface area contributed by atoms with Crippen LogP contribution in [-0.2, 0) is 18.3 Å². The Labute approximate surface area is 183 Å². The lowest BCUT2D eigenvalue weighted by Crippen LogP contribution is -2.48. The maximum absolute atomic E-state index is 12.9. The second-order valence-electron chi connectivity index (χ2n) is 7.75. The first-order chi connectivity index (χ1) is 14.5. The highest BCUT2D eigenvalue weighted by Gasteiger charge is 2.19. The molecule has 0 saturated carbocycles. The fourth-order valence-corrected chi connectivity index (χ4v) is 4.67. The number of carbonyl (C=O) groups excluding carboxylic acids is 1. The number of nitrogens with zero attached hydrogens (tertiary/aromatic N) is 4. The smallest absolute Gasteiger partial charge is 0.257 e. The third kappa shape index (κ3) is 5.73. The summed E-state index contributed by atoms with van der Waals surface area (Å²) in [5.41, 5.74) is 2.65. The molecule has 0 spiro atoms. The summed E-state index contributed by atoms with van der Waals surface area (Å²) >= 11 is 1.56. The molecule has 3 rings (SSSR count). The Kier molecular flexibility index (Phi) is 8.10. The van der Waals surface area contributed by atoms with Crippen LogP contribution in [0.1, 0.15) is 36.6 Å². The average Bonchev–Trinajstić information content (AvgIpc) is 2.78. The van der Waals surface area contributed by atoms with E-state index in [0.717, 1.165) is 66.9 Å². The van der Waals surface area contributed by atoms with E-state index in [9.17, 15) is 9.59 Å². The van der Waals surface area contributed by atoms with Crippen LogP contribution in [0.25, 0.3) is 0 Å². The van der Waals surface area contributed by atoms with E-state index in [1.165, 1.54) is 0 Å². The molecule has 7 heteroatoms. The number of aryl methyl sites for hydroxylation is 1. The molecule has 1 fully saturated rings. The SMILES string of the molecule is CCN1CCN(C(=O)CCCSc2nc(C)c(Cc3ccccc3)c(=O)n2C)CC1. The molecule has 1 aliphatic heterocycles. The fraction of sp³-hybridized carbons (Fsp3) is 0.522. The van der Waals surface area contributed by atoms with Crippen LogP contribution >= 0.6 is 11.8 Å². The monoisotopic (exact) mass is 428 g/mol. The molecule has 1 aliphatic rings. The van der Waals surface area contributed by atoms with Gasteiger partial charge in [0.2, 0.25) is 5.91 Å². The van der Waals surface area contributed by atoms with Crippen molar-refractivity contribution >= 4 is 17.7 Å². The Hall–Kier alpha value is -2.12. The lowest BCUT2D eigenvalue weighted by Gasteiger charge is -2.34. The number of thioether (sulfide) groups is 1. The maximum Gasteiger partial charge on any atom is 0.257 e. The Morgan fingerprint density at radius 1 is 1.13 bits per heavy atom. The van der Waals surface area contributed by atoms with Crippen LogP contribution in [0.2, 0.25) is 0 Å². The van der Waals surface area contributed by atoms with Crippen LogP contribution in [0, 0.1) is 6.92 Å². The van der Waals surface area contributed by atoms with Crippen LogP contribution in [0.5, 0.6) is 0 Å². The number of carbonyl (C=O) groups is 1. The quantitative estimate of drug-likeness (QED) is 0.368. The van der Waals surface area contributed by atoms with Gasteiger partial charge in [0, 0.05) is 63.1 Å². The molecule has 0 unspecified atom stereocenters. The summed E-state index contributed by atoms with van der Waals surface area (Å²) in [7, 11) is 1.78. The number of likely N-dealkylation sites (N-methyl/N-ethyl adjacent to an activating group) is 1. The largest absolute Gasteiger partial charge is 0.340 e. The summed E-state index contributed by atoms with van der Waals surface area (Å²) < 4.78 is 1.64. The summed E-state index contributed by atoms with van der Waals surface area (Å²) in [5.74, 6) is 1.01. The molecule has 1 aromatic carbocycles. The zero-order valence-corrected chi connectivity index (χ0v) is 19.1. The molecule has 2 aromatic rings. The Morgan fingerprint density at radius 2 is 1.83 bits per heavy atom. The molecule has 1 aromatic heterocycles. The lowest BCUT2D eigenvalue weighted by molar-refractivity contribution is -0.132. The molecule has 0 bridgehead atoms. The molecule has 0 radical (unpaired) electrons. The predicted octanol–water partition coefficient (Wildman–Crippen LogP) is 2.72. The first kappa shape index (κ1) is 22.6. The van der Waals surface area contributed by atoms with Crippen molar-refractivity contribution in [2.24, 2.45) is 7.05 Å². The van der Waals surface area contributed by atoms with E-state index in [1.54, 1.807) is 23.4 Å². The van der Waals surface area contributed by atoms with Crippen molar-refractivity contribution in [1.29, 1.82) is 0 Å². The van der Waals surface area contributed by atoms with Gasteiger partial charge in [-0.1, -0.05) is 49.0 Å². The van der Waals surface area contributed by atoms with E-state index in [1.807, 2.05) is 42.2 Å². The van der Waals surface area contributed by atoms with Crippen LogP contribution in [0.3, 0.4) is 0 Å². The Morgan fingerprint density at radius 3 is 2.50 bits per heavy atom. The fourth-order valence-electron chi connectivity index (χ4n) is 3.72. The van der Waals surface area contributed by atoms with Crippen molar-refractivity contribution in [2.75, 3.05) is 38.5 Å². The van der Waals surface area contributed by atoms with Gasteiger partial charge in [0.25, 0.3) is 5.56 Å². The second-order valence-corrected chi connectivity index (χ2v) is 8.81. The van der Waals surface area contributed by atoms with Gasteiger partial charge in [0.1, 0.15) is 0 Å². The molecular formula is C23H32N4O2S. The molecule has 0 atom stereocenters. The predicted molar refractivity (Wildman–Crippen MR) is 122 cm³/mol. The van der Waals surface area contributed by atoms with Crippen molar-refractivity contribution in [3.63, 3.8) is 0 Å². The third-order valence-corrected chi connectivity index (χ3v) is 6.83. The highest BCUT2D eigenvalue weighted by atomic mass is 32.2. The van der Waals surface area contributed by atoms with E-state index in [0.29, 0.717) is 12.8 Å². The maximum atomic E-state index is 12.9. The minimum Gasteiger partial charge on any atom is -0.340 e. The first-order valence-corrected chi connectivity index (χ1v) is 11.7. The Bertz CT molecular complexity index is 905. The zero-order valence-electron chi connectivity index (χ0n) is 18.3. The van der Waals surface area contributed by atoms with Crippen molar-refractivity contribution < 1.29 is 4.79 Å². The number of aromatic nitrogens is 2. The van der Waals surface area contributed by atoms with Crippen molar-refractivity contribution in [2.45, 2.75) is 38.3 Å². The molecule has 0 aliphatic carbocycles. The topological polar surface area (TPSA) is 58.4 Å². The van der Waals surface area contributed by atoms with E-state index in [4.69, 9.17) is 0 Å². The van der Waals surface area contributed by atoms with Gasteiger partial charge >= 0.3 is 0 Å². The van der Waals surface area contributed by atoms with Crippen LogP contribution in [-0.4, -0.2) is 63.7 Å². The molecule has 2 heterocycles. The number of hydrogen-bond donors (Lipinski definition) is 0. The van der Waals surface area contributed by atoms with E-state index < -0.39 is 0 Å². The molecule has 1 saturated heterocycles. The van der Waals surface area contributed by atoms with Gasteiger partial charge in [-0.25, -0.2) is 4.98 Å². The summed E-state index contributed by atoms with van der Waals surface area (Å²) in [5, 5.41) is 0.721. The lowest BCUT2D eigenvalue weighted by atomic mass is 10.1. The van der Waals surface area contributed by atoms with E-state index in [-0.39, 0.29) is 11.5 Å². The van der Waals surface area contributed by atoms with Gasteiger partial charge in [-0.05, 0) is 25.5 Å². The van der Waals surface area contributed by atoms with Gasteiger partial charge in [0.15, 0.2) is 5.16 Å². The minimum atomic E-state index is 0.0127. The number of rotatable bonds is 8.